The number of primary amides is 1. The number of nitrogens with one attached hydrogen (secondary N) is 7. The van der Waals surface area contributed by atoms with Crippen LogP contribution in [0.2, 0.25) is 0 Å². The van der Waals surface area contributed by atoms with Crippen molar-refractivity contribution in [1.82, 2.24) is 42.1 Å². The summed E-state index contributed by atoms with van der Waals surface area (Å²) in [4.78, 5) is 130. The largest absolute Gasteiger partial charge is 0.480 e. The minimum Gasteiger partial charge on any atom is -0.480 e. The quantitative estimate of drug-likeness (QED) is 0.0342. The van der Waals surface area contributed by atoms with Gasteiger partial charge in [-0.2, -0.15) is 37.0 Å². The number of carbonyl (C=O) groups is 10. The molecule has 26 heteroatoms. The molecule has 0 aliphatic carbocycles. The van der Waals surface area contributed by atoms with Crippen LogP contribution >= 0.6 is 37.0 Å². The van der Waals surface area contributed by atoms with E-state index in [4.69, 9.17) is 16.6 Å². The van der Waals surface area contributed by atoms with Gasteiger partial charge >= 0.3 is 5.97 Å². The molecule has 0 aromatic heterocycles. The Kier molecular flexibility index (Phi) is 24.7. The van der Waals surface area contributed by atoms with Crippen LogP contribution in [0.4, 0.5) is 0 Å². The van der Waals surface area contributed by atoms with E-state index in [1.807, 2.05) is 0 Å². The number of rotatable bonds is 27. The summed E-state index contributed by atoms with van der Waals surface area (Å²) < 4.78 is 0. The van der Waals surface area contributed by atoms with Crippen LogP contribution in [0.15, 0.2) is 0 Å². The van der Waals surface area contributed by atoms with E-state index in [2.05, 4.69) is 62.5 Å². The Hall–Kier alpha value is -4.37. The number of amides is 9. The minimum atomic E-state index is -1.65. The number of thiol groups is 2. The number of aliphatic hydroxyl groups excluding tert-OH is 2. The first kappa shape index (κ1) is 54.6. The first-order chi connectivity index (χ1) is 28.7. The Morgan fingerprint density at radius 1 is 0.738 bits per heavy atom. The maximum atomic E-state index is 13.7. The third-order valence-electron chi connectivity index (χ3n) is 9.60. The fourth-order valence-electron chi connectivity index (χ4n) is 5.81. The van der Waals surface area contributed by atoms with E-state index >= 15 is 0 Å². The third kappa shape index (κ3) is 17.5. The van der Waals surface area contributed by atoms with Crippen LogP contribution in [-0.2, 0) is 47.9 Å². The van der Waals surface area contributed by atoms with E-state index in [0.29, 0.717) is 18.6 Å². The standard InChI is InChI=1S/C35H60N10O13S3/c1-5-16(2)26(44-28(50)19(8-10-61-4)39-29(51)20(11-25(37)48)40-27(49)18(36)14-59)33(55)38-17(3)34(56)45-9-6-7-24(45)32(54)42-22(13-47)30(52)41-21(12-46)31(53)43-23(15-60)35(57)58/h16-24,26,46-47,59-60H,5-15,36H2,1-4H3,(H2,37,48)(H,38,55)(H,39,51)(H,40,49)(H,41,52)(H,42,54)(H,43,53)(H,44,50)(H,57,58)/t16-,17-,18-,19-,20-,21-,22-,23-,24-,26-/m0/s1. The maximum Gasteiger partial charge on any atom is 0.327 e. The molecule has 1 aliphatic heterocycles. The highest BCUT2D eigenvalue weighted by Gasteiger charge is 2.40. The first-order valence-electron chi connectivity index (χ1n) is 19.3. The van der Waals surface area contributed by atoms with Crippen LogP contribution in [-0.4, -0.2) is 177 Å². The van der Waals surface area contributed by atoms with Crippen molar-refractivity contribution in [2.45, 2.75) is 107 Å². The average molecular weight is 925 g/mol. The van der Waals surface area contributed by atoms with Gasteiger partial charge < -0.3 is 68.9 Å². The molecule has 0 aromatic rings. The predicted molar refractivity (Wildman–Crippen MR) is 228 cm³/mol. The third-order valence-corrected chi connectivity index (χ3v) is 11.0. The Morgan fingerprint density at radius 3 is 1.77 bits per heavy atom. The van der Waals surface area contributed by atoms with Gasteiger partial charge in [-0.15, -0.1) is 0 Å². The molecule has 1 heterocycles. The molecule has 1 rings (SSSR count). The fraction of sp³-hybridized carbons (Fsp3) is 0.714. The summed E-state index contributed by atoms with van der Waals surface area (Å²) in [5.74, 6) is -9.74. The summed E-state index contributed by atoms with van der Waals surface area (Å²) in [5.41, 5.74) is 11.0. The molecule has 9 amide bonds. The van der Waals surface area contributed by atoms with Gasteiger partial charge in [0.25, 0.3) is 0 Å². The zero-order valence-electron chi connectivity index (χ0n) is 34.4. The van der Waals surface area contributed by atoms with E-state index in [1.54, 1.807) is 20.1 Å². The van der Waals surface area contributed by atoms with Crippen LogP contribution in [0, 0.1) is 5.92 Å². The summed E-state index contributed by atoms with van der Waals surface area (Å²) in [6, 6.07) is -12.2. The number of hydrogen-bond acceptors (Lipinski definition) is 16. The molecule has 23 nitrogen and oxygen atoms in total. The lowest BCUT2D eigenvalue weighted by atomic mass is 9.97. The lowest BCUT2D eigenvalue weighted by Gasteiger charge is -2.31. The number of thioether (sulfide) groups is 1. The van der Waals surface area contributed by atoms with Gasteiger partial charge in [-0.25, -0.2) is 4.79 Å². The summed E-state index contributed by atoms with van der Waals surface area (Å²) in [5, 5.41) is 45.3. The number of nitrogens with two attached hydrogens (primary N) is 2. The maximum absolute atomic E-state index is 13.7. The van der Waals surface area contributed by atoms with Crippen molar-refractivity contribution in [3.63, 3.8) is 0 Å². The SMILES string of the molecule is CC[C@H](C)[C@H](NC(=O)[C@H](CCSC)NC(=O)[C@H](CC(N)=O)NC(=O)[C@@H](N)CS)C(=O)N[C@@H](C)C(=O)N1CCC[C@H]1C(=O)N[C@@H](CO)C(=O)N[C@@H](CO)C(=O)N[C@@H](CS)C(=O)O. The number of hydrogen-bond donors (Lipinski definition) is 14. The van der Waals surface area contributed by atoms with Gasteiger partial charge in [0.1, 0.15) is 48.3 Å². The van der Waals surface area contributed by atoms with Crippen molar-refractivity contribution in [3.05, 3.63) is 0 Å². The number of carboxylic acid groups (broad SMARTS) is 1. The lowest BCUT2D eigenvalue weighted by Crippen LogP contribution is -2.61. The van der Waals surface area contributed by atoms with Gasteiger partial charge in [-0.1, -0.05) is 20.3 Å². The van der Waals surface area contributed by atoms with Crippen molar-refractivity contribution in [2.75, 3.05) is 43.3 Å². The highest BCUT2D eigenvalue weighted by molar-refractivity contribution is 7.98. The molecule has 14 N–H and O–H groups in total. The Labute approximate surface area is 368 Å². The molecule has 0 aromatic carbocycles. The van der Waals surface area contributed by atoms with Crippen molar-refractivity contribution in [3.8, 4) is 0 Å². The van der Waals surface area contributed by atoms with Crippen LogP contribution < -0.4 is 48.7 Å². The van der Waals surface area contributed by atoms with Gasteiger partial charge in [-0.05, 0) is 44.1 Å². The van der Waals surface area contributed by atoms with Crippen LogP contribution in [0.3, 0.4) is 0 Å². The van der Waals surface area contributed by atoms with Crippen molar-refractivity contribution in [1.29, 1.82) is 0 Å². The Balaban J connectivity index is 3.11. The highest BCUT2D eigenvalue weighted by Crippen LogP contribution is 2.19. The monoisotopic (exact) mass is 924 g/mol. The molecule has 61 heavy (non-hydrogen) atoms. The predicted octanol–water partition coefficient (Wildman–Crippen LogP) is -5.68. The topological polar surface area (TPSA) is 371 Å². The molecule has 10 atom stereocenters. The molecule has 0 unspecified atom stereocenters. The summed E-state index contributed by atoms with van der Waals surface area (Å²) in [6.45, 7) is 2.96. The molecular weight excluding hydrogens is 865 g/mol. The Morgan fingerprint density at radius 2 is 1.26 bits per heavy atom. The molecule has 0 saturated carbocycles. The number of likely N-dealkylation sites (tertiary alicyclic amines) is 1. The molecule has 1 aliphatic rings. The molecule has 346 valence electrons. The smallest absolute Gasteiger partial charge is 0.327 e. The Bertz CT molecular complexity index is 1580. The van der Waals surface area contributed by atoms with Crippen molar-refractivity contribution < 1.29 is 63.3 Å². The van der Waals surface area contributed by atoms with Crippen LogP contribution in [0.1, 0.15) is 52.9 Å². The molecule has 1 saturated heterocycles. The van der Waals surface area contributed by atoms with Gasteiger partial charge in [0, 0.05) is 18.1 Å². The van der Waals surface area contributed by atoms with E-state index < -0.39 is 139 Å². The van der Waals surface area contributed by atoms with Gasteiger partial charge in [0.15, 0.2) is 0 Å². The van der Waals surface area contributed by atoms with Crippen molar-refractivity contribution >= 4 is 96.2 Å². The van der Waals surface area contributed by atoms with Crippen LogP contribution in [0.5, 0.6) is 0 Å². The second kappa shape index (κ2) is 27.5. The second-order valence-electron chi connectivity index (χ2n) is 14.2. The number of aliphatic carboxylic acids is 1. The number of carbonyl (C=O) groups excluding carboxylic acids is 9. The molecular formula is C35H60N10O13S3. The normalized spacial score (nSPS) is 18.0. The summed E-state index contributed by atoms with van der Waals surface area (Å²) >= 11 is 9.15. The van der Waals surface area contributed by atoms with Gasteiger partial charge in [0.05, 0.1) is 25.7 Å². The second-order valence-corrected chi connectivity index (χ2v) is 15.9. The number of nitrogens with zero attached hydrogens (tertiary/aromatic N) is 1. The average Bonchev–Trinajstić information content (AvgIpc) is 3.72. The van der Waals surface area contributed by atoms with Crippen molar-refractivity contribution in [2.24, 2.45) is 17.4 Å². The zero-order valence-corrected chi connectivity index (χ0v) is 37.0. The van der Waals surface area contributed by atoms with Gasteiger partial charge in [0.2, 0.25) is 53.2 Å². The molecule has 0 spiro atoms. The highest BCUT2D eigenvalue weighted by atomic mass is 32.2. The molecule has 1 fully saturated rings. The molecule has 0 radical (unpaired) electrons. The first-order valence-corrected chi connectivity index (χ1v) is 22.0. The number of aliphatic hydroxyl groups is 2. The minimum absolute atomic E-state index is 0.0624. The van der Waals surface area contributed by atoms with E-state index in [-0.39, 0.29) is 30.9 Å². The summed E-state index contributed by atoms with van der Waals surface area (Å²) in [6.07, 6.45) is 2.11. The number of carboxylic acids is 1. The molecule has 0 bridgehead atoms. The van der Waals surface area contributed by atoms with Gasteiger partial charge in [-0.3, -0.25) is 43.2 Å². The zero-order chi connectivity index (χ0) is 46.6. The summed E-state index contributed by atoms with van der Waals surface area (Å²) in [7, 11) is 0. The fourth-order valence-corrected chi connectivity index (χ4v) is 6.69. The van der Waals surface area contributed by atoms with E-state index in [0.717, 1.165) is 0 Å². The van der Waals surface area contributed by atoms with Crippen LogP contribution in [0.25, 0.3) is 0 Å². The van der Waals surface area contributed by atoms with E-state index in [1.165, 1.54) is 23.6 Å². The van der Waals surface area contributed by atoms with E-state index in [9.17, 15) is 58.2 Å². The lowest BCUT2D eigenvalue weighted by molar-refractivity contribution is -0.143.